The van der Waals surface area contributed by atoms with Crippen LogP contribution in [0.5, 0.6) is 0 Å². The van der Waals surface area contributed by atoms with Crippen molar-refractivity contribution in [2.45, 2.75) is 39.0 Å². The third kappa shape index (κ3) is 2.81. The van der Waals surface area contributed by atoms with Crippen LogP contribution in [0.15, 0.2) is 46.9 Å². The second kappa shape index (κ2) is 6.79. The Morgan fingerprint density at radius 2 is 1.81 bits per heavy atom. The molecule has 3 aromatic rings. The number of hydrogen-bond donors (Lipinski definition) is 1. The van der Waals surface area contributed by atoms with Crippen LogP contribution in [0.3, 0.4) is 0 Å². The van der Waals surface area contributed by atoms with E-state index < -0.39 is 0 Å². The highest BCUT2D eigenvalue weighted by Gasteiger charge is 2.29. The molecule has 0 atom stereocenters. The average Bonchev–Trinajstić information content (AvgIpc) is 3.14. The Morgan fingerprint density at radius 1 is 0.962 bits per heavy atom. The number of carbonyl (C=O) groups excluding carboxylic acids is 2. The quantitative estimate of drug-likeness (QED) is 0.522. The molecule has 4 rings (SSSR count). The summed E-state index contributed by atoms with van der Waals surface area (Å²) in [5, 5.41) is 3.48. The van der Waals surface area contributed by atoms with Crippen LogP contribution in [-0.4, -0.2) is 11.8 Å². The lowest BCUT2D eigenvalue weighted by molar-refractivity contribution is 0.0879. The van der Waals surface area contributed by atoms with E-state index in [9.17, 15) is 9.59 Å². The number of furan rings is 1. The SMILES string of the molecule is CCCCCc1oc2ccccc2c1Cc1cccc2c1C(=O)NC2=O. The first-order chi connectivity index (χ1) is 12.7. The predicted octanol–water partition coefficient (Wildman–Crippen LogP) is 4.64. The summed E-state index contributed by atoms with van der Waals surface area (Å²) in [5.41, 5.74) is 3.84. The number of amides is 2. The van der Waals surface area contributed by atoms with Gasteiger partial charge in [0, 0.05) is 23.8 Å². The molecule has 1 aliphatic rings. The van der Waals surface area contributed by atoms with Gasteiger partial charge < -0.3 is 4.42 Å². The third-order valence-electron chi connectivity index (χ3n) is 5.01. The molecule has 4 nitrogen and oxygen atoms in total. The van der Waals surface area contributed by atoms with Gasteiger partial charge in [-0.05, 0) is 24.1 Å². The number of nitrogens with one attached hydrogen (secondary N) is 1. The van der Waals surface area contributed by atoms with Gasteiger partial charge in [-0.1, -0.05) is 50.1 Å². The topological polar surface area (TPSA) is 59.3 Å². The Morgan fingerprint density at radius 3 is 2.65 bits per heavy atom. The summed E-state index contributed by atoms with van der Waals surface area (Å²) in [6, 6.07) is 13.5. The molecule has 0 spiro atoms. The Hall–Kier alpha value is -2.88. The van der Waals surface area contributed by atoms with E-state index in [0.29, 0.717) is 17.5 Å². The maximum atomic E-state index is 12.2. The lowest BCUT2D eigenvalue weighted by Crippen LogP contribution is -2.20. The van der Waals surface area contributed by atoms with E-state index in [1.54, 1.807) is 6.07 Å². The molecule has 26 heavy (non-hydrogen) atoms. The molecular weight excluding hydrogens is 326 g/mol. The minimum atomic E-state index is -0.313. The first-order valence-corrected chi connectivity index (χ1v) is 9.16. The molecule has 0 radical (unpaired) electrons. The second-order valence-corrected chi connectivity index (χ2v) is 6.76. The Kier molecular flexibility index (Phi) is 4.33. The molecule has 0 unspecified atom stereocenters. The highest BCUT2D eigenvalue weighted by molar-refractivity contribution is 6.22. The number of benzene rings is 2. The molecule has 2 aromatic carbocycles. The first-order valence-electron chi connectivity index (χ1n) is 9.16. The van der Waals surface area contributed by atoms with Crippen molar-refractivity contribution in [3.8, 4) is 0 Å². The molecule has 0 aliphatic carbocycles. The van der Waals surface area contributed by atoms with Gasteiger partial charge in [0.05, 0.1) is 11.1 Å². The van der Waals surface area contributed by atoms with Crippen LogP contribution in [0, 0.1) is 0 Å². The van der Waals surface area contributed by atoms with Crippen molar-refractivity contribution >= 4 is 22.8 Å². The Labute approximate surface area is 152 Å². The van der Waals surface area contributed by atoms with Gasteiger partial charge in [0.1, 0.15) is 11.3 Å². The van der Waals surface area contributed by atoms with Crippen LogP contribution >= 0.6 is 0 Å². The van der Waals surface area contributed by atoms with E-state index in [0.717, 1.165) is 53.5 Å². The van der Waals surface area contributed by atoms with Crippen molar-refractivity contribution in [2.75, 3.05) is 0 Å². The minimum Gasteiger partial charge on any atom is -0.461 e. The molecule has 1 aromatic heterocycles. The molecule has 4 heteroatoms. The van der Waals surface area contributed by atoms with Crippen LogP contribution in [-0.2, 0) is 12.8 Å². The van der Waals surface area contributed by atoms with Crippen LogP contribution in [0.4, 0.5) is 0 Å². The van der Waals surface area contributed by atoms with E-state index in [1.807, 2.05) is 30.3 Å². The van der Waals surface area contributed by atoms with E-state index >= 15 is 0 Å². The lowest BCUT2D eigenvalue weighted by Gasteiger charge is -2.07. The van der Waals surface area contributed by atoms with Gasteiger partial charge in [-0.2, -0.15) is 0 Å². The Bertz CT molecular complexity index is 1000. The summed E-state index contributed by atoms with van der Waals surface area (Å²) in [5.74, 6) is 0.370. The largest absolute Gasteiger partial charge is 0.461 e. The fraction of sp³-hybridized carbons (Fsp3) is 0.273. The maximum absolute atomic E-state index is 12.2. The first kappa shape index (κ1) is 16.6. The normalized spacial score (nSPS) is 13.3. The summed E-state index contributed by atoms with van der Waals surface area (Å²) in [7, 11) is 0. The highest BCUT2D eigenvalue weighted by Crippen LogP contribution is 2.31. The van der Waals surface area contributed by atoms with Crippen LogP contribution in [0.2, 0.25) is 0 Å². The van der Waals surface area contributed by atoms with Crippen molar-refractivity contribution in [3.05, 3.63) is 70.5 Å². The molecule has 0 bridgehead atoms. The van der Waals surface area contributed by atoms with Crippen molar-refractivity contribution < 1.29 is 14.0 Å². The lowest BCUT2D eigenvalue weighted by atomic mass is 9.94. The summed E-state index contributed by atoms with van der Waals surface area (Å²) in [6.07, 6.45) is 4.87. The molecule has 0 saturated carbocycles. The molecule has 2 heterocycles. The van der Waals surface area contributed by atoms with Gasteiger partial charge in [-0.25, -0.2) is 0 Å². The maximum Gasteiger partial charge on any atom is 0.259 e. The van der Waals surface area contributed by atoms with Gasteiger partial charge in [0.15, 0.2) is 0 Å². The van der Waals surface area contributed by atoms with E-state index in [2.05, 4.69) is 18.3 Å². The number of unbranched alkanes of at least 4 members (excludes halogenated alkanes) is 2. The van der Waals surface area contributed by atoms with Gasteiger partial charge >= 0.3 is 0 Å². The second-order valence-electron chi connectivity index (χ2n) is 6.76. The summed E-state index contributed by atoms with van der Waals surface area (Å²) < 4.78 is 6.12. The van der Waals surface area contributed by atoms with E-state index in [-0.39, 0.29) is 11.8 Å². The molecule has 2 amide bonds. The van der Waals surface area contributed by atoms with Gasteiger partial charge in [0.2, 0.25) is 0 Å². The van der Waals surface area contributed by atoms with Crippen molar-refractivity contribution in [1.82, 2.24) is 5.32 Å². The zero-order chi connectivity index (χ0) is 18.1. The zero-order valence-electron chi connectivity index (χ0n) is 14.8. The van der Waals surface area contributed by atoms with Crippen LogP contribution < -0.4 is 5.32 Å². The Balaban J connectivity index is 1.77. The molecule has 1 N–H and O–H groups in total. The van der Waals surface area contributed by atoms with Crippen molar-refractivity contribution in [2.24, 2.45) is 0 Å². The summed E-state index contributed by atoms with van der Waals surface area (Å²) in [6.45, 7) is 2.18. The van der Waals surface area contributed by atoms with Gasteiger partial charge in [-0.3, -0.25) is 14.9 Å². The average molecular weight is 347 g/mol. The smallest absolute Gasteiger partial charge is 0.259 e. The fourth-order valence-electron chi connectivity index (χ4n) is 3.71. The minimum absolute atomic E-state index is 0.305. The number of para-hydroxylation sites is 1. The number of aryl methyl sites for hydroxylation is 1. The zero-order valence-corrected chi connectivity index (χ0v) is 14.8. The summed E-state index contributed by atoms with van der Waals surface area (Å²) >= 11 is 0. The van der Waals surface area contributed by atoms with Gasteiger partial charge in [-0.15, -0.1) is 0 Å². The number of hydrogen-bond acceptors (Lipinski definition) is 3. The molecular formula is C22H21NO3. The standard InChI is InChI=1S/C22H21NO3/c1-2-3-4-11-19-17(15-9-5-6-12-18(15)26-19)13-14-8-7-10-16-20(14)22(25)23-21(16)24/h5-10,12H,2-4,11,13H2,1H3,(H,23,24,25). The molecule has 132 valence electrons. The number of imide groups is 1. The number of fused-ring (bicyclic) bond motifs is 2. The predicted molar refractivity (Wildman–Crippen MR) is 100 cm³/mol. The number of carbonyl (C=O) groups is 2. The monoisotopic (exact) mass is 347 g/mol. The van der Waals surface area contributed by atoms with E-state index in [1.165, 1.54) is 0 Å². The third-order valence-corrected chi connectivity index (χ3v) is 5.01. The molecule has 0 saturated heterocycles. The van der Waals surface area contributed by atoms with E-state index in [4.69, 9.17) is 4.42 Å². The van der Waals surface area contributed by atoms with Crippen molar-refractivity contribution in [1.29, 1.82) is 0 Å². The fourth-order valence-corrected chi connectivity index (χ4v) is 3.71. The van der Waals surface area contributed by atoms with Gasteiger partial charge in [0.25, 0.3) is 11.8 Å². The number of rotatable bonds is 6. The molecule has 0 fully saturated rings. The molecule has 1 aliphatic heterocycles. The summed E-state index contributed by atoms with van der Waals surface area (Å²) in [4.78, 5) is 24.2. The van der Waals surface area contributed by atoms with Crippen LogP contribution in [0.1, 0.15) is 63.8 Å². The highest BCUT2D eigenvalue weighted by atomic mass is 16.3. The van der Waals surface area contributed by atoms with Crippen molar-refractivity contribution in [3.63, 3.8) is 0 Å². The van der Waals surface area contributed by atoms with Crippen LogP contribution in [0.25, 0.3) is 11.0 Å².